The second-order valence-electron chi connectivity index (χ2n) is 4.69. The highest BCUT2D eigenvalue weighted by atomic mass is 16.5. The van der Waals surface area contributed by atoms with Crippen LogP contribution in [0.1, 0.15) is 12.0 Å². The van der Waals surface area contributed by atoms with E-state index >= 15 is 0 Å². The number of carbonyl (C=O) groups is 1. The molecular formula is C13H18N2O3. The van der Waals surface area contributed by atoms with Crippen molar-refractivity contribution in [2.24, 2.45) is 5.92 Å². The van der Waals surface area contributed by atoms with E-state index in [1.165, 1.54) is 13.2 Å². The second-order valence-corrected chi connectivity index (χ2v) is 4.69. The number of nitrogens with zero attached hydrogens (tertiary/aromatic N) is 1. The van der Waals surface area contributed by atoms with Gasteiger partial charge in [0.1, 0.15) is 6.61 Å². The molecule has 0 aromatic carbocycles. The van der Waals surface area contributed by atoms with E-state index in [9.17, 15) is 9.59 Å². The highest BCUT2D eigenvalue weighted by molar-refractivity contribution is 5.77. The van der Waals surface area contributed by atoms with Crippen molar-refractivity contribution in [3.8, 4) is 0 Å². The molecule has 2 heterocycles. The Kier molecular flexibility index (Phi) is 4.15. The molecule has 5 heteroatoms. The van der Waals surface area contributed by atoms with Crippen molar-refractivity contribution in [2.75, 3.05) is 26.8 Å². The number of carbonyl (C=O) groups excluding carboxylic acids is 1. The topological polar surface area (TPSA) is 62.4 Å². The zero-order valence-corrected chi connectivity index (χ0v) is 10.5. The van der Waals surface area contributed by atoms with E-state index in [2.05, 4.69) is 4.98 Å². The standard InChI is InChI=1S/C13H18N2O3/c1-18-9-13(17)15-5-4-11(8-15)6-10-2-3-12(16)14-7-10/h2-3,7,11H,4-6,8-9H2,1H3,(H,14,16)/t11-/m0/s1. The van der Waals surface area contributed by atoms with Gasteiger partial charge >= 0.3 is 0 Å². The number of aromatic nitrogens is 1. The lowest BCUT2D eigenvalue weighted by Crippen LogP contribution is -2.31. The Labute approximate surface area is 106 Å². The molecule has 0 radical (unpaired) electrons. The van der Waals surface area contributed by atoms with E-state index in [0.717, 1.165) is 31.5 Å². The van der Waals surface area contributed by atoms with Crippen LogP contribution in [0.4, 0.5) is 0 Å². The molecule has 1 fully saturated rings. The van der Waals surface area contributed by atoms with Crippen LogP contribution in [-0.2, 0) is 16.0 Å². The molecule has 1 atom stereocenters. The number of pyridine rings is 1. The molecule has 1 aliphatic heterocycles. The fraction of sp³-hybridized carbons (Fsp3) is 0.538. The summed E-state index contributed by atoms with van der Waals surface area (Å²) in [5.41, 5.74) is 1.03. The Balaban J connectivity index is 1.87. The minimum Gasteiger partial charge on any atom is -0.375 e. The Hall–Kier alpha value is -1.62. The summed E-state index contributed by atoms with van der Waals surface area (Å²) >= 11 is 0. The number of hydrogen-bond donors (Lipinski definition) is 1. The van der Waals surface area contributed by atoms with Gasteiger partial charge in [-0.2, -0.15) is 0 Å². The number of likely N-dealkylation sites (tertiary alicyclic amines) is 1. The molecule has 98 valence electrons. The Bertz CT molecular complexity index is 449. The van der Waals surface area contributed by atoms with Crippen molar-refractivity contribution in [1.82, 2.24) is 9.88 Å². The maximum absolute atomic E-state index is 11.6. The Morgan fingerprint density at radius 3 is 3.06 bits per heavy atom. The molecule has 1 amide bonds. The highest BCUT2D eigenvalue weighted by Crippen LogP contribution is 2.20. The third kappa shape index (κ3) is 3.20. The molecule has 1 aromatic heterocycles. The second kappa shape index (κ2) is 5.82. The van der Waals surface area contributed by atoms with E-state index in [0.29, 0.717) is 5.92 Å². The largest absolute Gasteiger partial charge is 0.375 e. The van der Waals surface area contributed by atoms with Gasteiger partial charge in [0.25, 0.3) is 0 Å². The summed E-state index contributed by atoms with van der Waals surface area (Å²) in [4.78, 5) is 27.1. The van der Waals surface area contributed by atoms with Gasteiger partial charge in [-0.3, -0.25) is 9.59 Å². The zero-order chi connectivity index (χ0) is 13.0. The minimum atomic E-state index is -0.0814. The van der Waals surface area contributed by atoms with Crippen molar-refractivity contribution in [3.63, 3.8) is 0 Å². The average Bonchev–Trinajstić information content (AvgIpc) is 2.81. The first kappa shape index (κ1) is 12.8. The van der Waals surface area contributed by atoms with Crippen LogP contribution in [0.3, 0.4) is 0 Å². The summed E-state index contributed by atoms with van der Waals surface area (Å²) in [6.45, 7) is 1.74. The number of aromatic amines is 1. The molecule has 2 rings (SSSR count). The van der Waals surface area contributed by atoms with Crippen LogP contribution in [0.2, 0.25) is 0 Å². The Morgan fingerprint density at radius 2 is 2.39 bits per heavy atom. The third-order valence-electron chi connectivity index (χ3n) is 3.28. The molecule has 0 saturated carbocycles. The van der Waals surface area contributed by atoms with Gasteiger partial charge in [0.15, 0.2) is 0 Å². The quantitative estimate of drug-likeness (QED) is 0.842. The molecule has 1 aliphatic rings. The van der Waals surface area contributed by atoms with Gasteiger partial charge in [-0.1, -0.05) is 6.07 Å². The first-order chi connectivity index (χ1) is 8.69. The molecule has 5 nitrogen and oxygen atoms in total. The third-order valence-corrected chi connectivity index (χ3v) is 3.28. The van der Waals surface area contributed by atoms with E-state index in [4.69, 9.17) is 4.74 Å². The maximum Gasteiger partial charge on any atom is 0.248 e. The monoisotopic (exact) mass is 250 g/mol. The van der Waals surface area contributed by atoms with Crippen LogP contribution in [0, 0.1) is 5.92 Å². The maximum atomic E-state index is 11.6. The van der Waals surface area contributed by atoms with E-state index < -0.39 is 0 Å². The zero-order valence-electron chi connectivity index (χ0n) is 10.5. The molecule has 0 bridgehead atoms. The molecular weight excluding hydrogens is 232 g/mol. The van der Waals surface area contributed by atoms with Crippen LogP contribution in [0.15, 0.2) is 23.1 Å². The number of methoxy groups -OCH3 is 1. The lowest BCUT2D eigenvalue weighted by atomic mass is 10.0. The van der Waals surface area contributed by atoms with Gasteiger partial charge in [0.2, 0.25) is 11.5 Å². The van der Waals surface area contributed by atoms with Gasteiger partial charge in [-0.25, -0.2) is 0 Å². The fourth-order valence-electron chi connectivity index (χ4n) is 2.34. The normalized spacial score (nSPS) is 19.2. The summed E-state index contributed by atoms with van der Waals surface area (Å²) in [6, 6.07) is 3.39. The summed E-state index contributed by atoms with van der Waals surface area (Å²) in [5.74, 6) is 0.526. The highest BCUT2D eigenvalue weighted by Gasteiger charge is 2.25. The fourth-order valence-corrected chi connectivity index (χ4v) is 2.34. The van der Waals surface area contributed by atoms with Gasteiger partial charge in [0, 0.05) is 32.5 Å². The first-order valence-corrected chi connectivity index (χ1v) is 6.13. The van der Waals surface area contributed by atoms with Crippen LogP contribution >= 0.6 is 0 Å². The lowest BCUT2D eigenvalue weighted by molar-refractivity contribution is -0.134. The van der Waals surface area contributed by atoms with Crippen molar-refractivity contribution < 1.29 is 9.53 Å². The molecule has 0 unspecified atom stereocenters. The Morgan fingerprint density at radius 1 is 1.56 bits per heavy atom. The van der Waals surface area contributed by atoms with E-state index in [-0.39, 0.29) is 18.1 Å². The number of hydrogen-bond acceptors (Lipinski definition) is 3. The number of ether oxygens (including phenoxy) is 1. The smallest absolute Gasteiger partial charge is 0.248 e. The minimum absolute atomic E-state index is 0.0569. The van der Waals surface area contributed by atoms with Crippen LogP contribution in [0.5, 0.6) is 0 Å². The van der Waals surface area contributed by atoms with Crippen LogP contribution in [0.25, 0.3) is 0 Å². The molecule has 1 N–H and O–H groups in total. The van der Waals surface area contributed by atoms with Crippen LogP contribution < -0.4 is 5.56 Å². The van der Waals surface area contributed by atoms with Gasteiger partial charge in [0.05, 0.1) is 0 Å². The number of rotatable bonds is 4. The van der Waals surface area contributed by atoms with E-state index in [1.54, 1.807) is 6.20 Å². The van der Waals surface area contributed by atoms with Gasteiger partial charge < -0.3 is 14.6 Å². The predicted molar refractivity (Wildman–Crippen MR) is 67.3 cm³/mol. The van der Waals surface area contributed by atoms with Crippen molar-refractivity contribution in [2.45, 2.75) is 12.8 Å². The molecule has 18 heavy (non-hydrogen) atoms. The van der Waals surface area contributed by atoms with Gasteiger partial charge in [-0.05, 0) is 24.3 Å². The van der Waals surface area contributed by atoms with Gasteiger partial charge in [-0.15, -0.1) is 0 Å². The summed E-state index contributed by atoms with van der Waals surface area (Å²) in [7, 11) is 1.53. The van der Waals surface area contributed by atoms with Crippen molar-refractivity contribution >= 4 is 5.91 Å². The van der Waals surface area contributed by atoms with Crippen molar-refractivity contribution in [1.29, 1.82) is 0 Å². The first-order valence-electron chi connectivity index (χ1n) is 6.13. The SMILES string of the molecule is COCC(=O)N1CC[C@@H](Cc2ccc(=O)[nH]c2)C1. The predicted octanol–water partition coefficient (Wildman–Crippen LogP) is 0.412. The number of amides is 1. The van der Waals surface area contributed by atoms with E-state index in [1.807, 2.05) is 11.0 Å². The summed E-state index contributed by atoms with van der Waals surface area (Å²) in [6.07, 6.45) is 3.66. The molecule has 0 spiro atoms. The molecule has 0 aliphatic carbocycles. The number of nitrogens with one attached hydrogen (secondary N) is 1. The summed E-state index contributed by atoms with van der Waals surface area (Å²) < 4.78 is 4.85. The average molecular weight is 250 g/mol. The summed E-state index contributed by atoms with van der Waals surface area (Å²) in [5, 5.41) is 0. The number of H-pyrrole nitrogens is 1. The molecule has 1 aromatic rings. The van der Waals surface area contributed by atoms with Crippen molar-refractivity contribution in [3.05, 3.63) is 34.2 Å². The van der Waals surface area contributed by atoms with Crippen LogP contribution in [-0.4, -0.2) is 42.6 Å². The molecule has 1 saturated heterocycles. The lowest BCUT2D eigenvalue weighted by Gasteiger charge is -2.15.